The van der Waals surface area contributed by atoms with Gasteiger partial charge in [0, 0.05) is 36.8 Å². The van der Waals surface area contributed by atoms with E-state index in [4.69, 9.17) is 22.3 Å². The number of phenolic OH excluding ortho intramolecular Hbond substituents is 1. The van der Waals surface area contributed by atoms with E-state index in [9.17, 15) is 14.3 Å². The first kappa shape index (κ1) is 24.5. The van der Waals surface area contributed by atoms with E-state index in [0.29, 0.717) is 39.2 Å². The molecular weight excluding hydrogens is 507 g/mol. The van der Waals surface area contributed by atoms with Crippen molar-refractivity contribution in [2.24, 2.45) is 11.7 Å². The molecule has 6 rings (SSSR count). The Kier molecular flexibility index (Phi) is 6.33. The van der Waals surface area contributed by atoms with Gasteiger partial charge in [-0.15, -0.1) is 0 Å². The number of phenols is 1. The molecule has 1 aliphatic heterocycles. The Balaban J connectivity index is 1.40. The minimum absolute atomic E-state index is 0.0136. The molecule has 0 bridgehead atoms. The first-order valence-electron chi connectivity index (χ1n) is 12.6. The lowest BCUT2D eigenvalue weighted by molar-refractivity contribution is 0.0968. The van der Waals surface area contributed by atoms with Crippen molar-refractivity contribution >= 4 is 45.6 Å². The third-order valence-electron chi connectivity index (χ3n) is 7.04. The highest BCUT2D eigenvalue weighted by Crippen LogP contribution is 2.38. The van der Waals surface area contributed by atoms with Gasteiger partial charge in [0.25, 0.3) is 0 Å². The van der Waals surface area contributed by atoms with E-state index in [1.165, 1.54) is 12.1 Å². The van der Waals surface area contributed by atoms with E-state index >= 15 is 0 Å². The van der Waals surface area contributed by atoms with Crippen molar-refractivity contribution in [3.05, 3.63) is 65.2 Å². The van der Waals surface area contributed by atoms with Crippen molar-refractivity contribution in [3.8, 4) is 17.0 Å². The number of nitrogens with zero attached hydrogens (tertiary/aromatic N) is 4. The Hall–Kier alpha value is -3.82. The van der Waals surface area contributed by atoms with Crippen LogP contribution in [0.5, 0.6) is 5.75 Å². The van der Waals surface area contributed by atoms with Crippen molar-refractivity contribution in [1.82, 2.24) is 15.0 Å². The number of pyridine rings is 3. The van der Waals surface area contributed by atoms with Gasteiger partial charge in [0.05, 0.1) is 39.4 Å². The molecule has 1 saturated heterocycles. The lowest BCUT2D eigenvalue weighted by Gasteiger charge is -2.31. The number of hydrogen-bond donors (Lipinski definition) is 3. The zero-order valence-corrected chi connectivity index (χ0v) is 21.2. The van der Waals surface area contributed by atoms with Crippen LogP contribution < -0.4 is 16.0 Å². The molecule has 0 amide bonds. The molecule has 1 saturated carbocycles. The van der Waals surface area contributed by atoms with Crippen LogP contribution in [0.3, 0.4) is 0 Å². The molecule has 1 aromatic carbocycles. The highest BCUT2D eigenvalue weighted by atomic mass is 35.5. The second kappa shape index (κ2) is 9.81. The minimum atomic E-state index is -0.843. The molecule has 0 spiro atoms. The Morgan fingerprint density at radius 3 is 2.68 bits per heavy atom. The van der Waals surface area contributed by atoms with Crippen LogP contribution in [-0.4, -0.2) is 45.0 Å². The second-order valence-corrected chi connectivity index (χ2v) is 10.3. The molecule has 10 heteroatoms. The van der Waals surface area contributed by atoms with Crippen LogP contribution >= 0.6 is 11.6 Å². The fourth-order valence-electron chi connectivity index (χ4n) is 4.83. The van der Waals surface area contributed by atoms with Gasteiger partial charge >= 0.3 is 0 Å². The van der Waals surface area contributed by atoms with Crippen LogP contribution in [0, 0.1) is 11.7 Å². The van der Waals surface area contributed by atoms with Crippen LogP contribution in [0.15, 0.2) is 48.8 Å². The van der Waals surface area contributed by atoms with E-state index in [1.807, 2.05) is 12.1 Å². The summed E-state index contributed by atoms with van der Waals surface area (Å²) >= 11 is 6.01. The summed E-state index contributed by atoms with van der Waals surface area (Å²) in [5.74, 6) is -0.609. The Morgan fingerprint density at radius 2 is 1.97 bits per heavy atom. The zero-order valence-electron chi connectivity index (χ0n) is 20.5. The largest absolute Gasteiger partial charge is 0.504 e. The van der Waals surface area contributed by atoms with Crippen LogP contribution in [0.25, 0.3) is 22.3 Å². The third-order valence-corrected chi connectivity index (χ3v) is 7.33. The molecule has 4 aromatic rings. The van der Waals surface area contributed by atoms with Gasteiger partial charge in [0.1, 0.15) is 11.3 Å². The number of anilines is 3. The van der Waals surface area contributed by atoms with Gasteiger partial charge in [-0.25, -0.2) is 14.4 Å². The number of rotatable bonds is 6. The number of ketones is 1. The molecule has 38 heavy (non-hydrogen) atoms. The van der Waals surface area contributed by atoms with Gasteiger partial charge in [-0.05, 0) is 62.1 Å². The molecule has 3 aromatic heterocycles. The highest BCUT2D eigenvalue weighted by Gasteiger charge is 2.33. The number of hydrogen-bond acceptors (Lipinski definition) is 8. The Bertz CT molecular complexity index is 1520. The summed E-state index contributed by atoms with van der Waals surface area (Å²) in [6, 6.07) is 10.1. The summed E-state index contributed by atoms with van der Waals surface area (Å²) in [6.45, 7) is 1.68. The predicted molar refractivity (Wildman–Crippen MR) is 146 cm³/mol. The minimum Gasteiger partial charge on any atom is -0.504 e. The predicted octanol–water partition coefficient (Wildman–Crippen LogP) is 5.45. The van der Waals surface area contributed by atoms with Crippen molar-refractivity contribution in [2.45, 2.75) is 31.7 Å². The number of carbonyl (C=O) groups is 1. The van der Waals surface area contributed by atoms with Gasteiger partial charge in [-0.3, -0.25) is 9.78 Å². The first-order valence-corrected chi connectivity index (χ1v) is 13.0. The van der Waals surface area contributed by atoms with Gasteiger partial charge in [0.15, 0.2) is 17.3 Å². The first-order chi connectivity index (χ1) is 18.4. The smallest absolute Gasteiger partial charge is 0.170 e. The number of Topliss-reactive ketones (excluding diaryl/α,β-unsaturated/α-hetero) is 1. The Labute approximate surface area is 223 Å². The summed E-state index contributed by atoms with van der Waals surface area (Å²) in [5.41, 5.74) is 9.65. The summed E-state index contributed by atoms with van der Waals surface area (Å²) in [4.78, 5) is 29.2. The van der Waals surface area contributed by atoms with Crippen molar-refractivity contribution < 1.29 is 14.3 Å². The van der Waals surface area contributed by atoms with Crippen LogP contribution in [0.1, 0.15) is 36.0 Å². The molecule has 194 valence electrons. The number of nitrogens with one attached hydrogen (secondary N) is 1. The van der Waals surface area contributed by atoms with E-state index in [1.54, 1.807) is 24.5 Å². The quantitative estimate of drug-likeness (QED) is 0.280. The zero-order chi connectivity index (χ0) is 26.4. The maximum atomic E-state index is 14.2. The maximum absolute atomic E-state index is 14.2. The van der Waals surface area contributed by atoms with Crippen LogP contribution in [-0.2, 0) is 0 Å². The van der Waals surface area contributed by atoms with E-state index in [2.05, 4.69) is 20.2 Å². The molecule has 4 heterocycles. The van der Waals surface area contributed by atoms with Crippen LogP contribution in [0.2, 0.25) is 5.02 Å². The van der Waals surface area contributed by atoms with Crippen molar-refractivity contribution in [2.75, 3.05) is 23.3 Å². The maximum Gasteiger partial charge on any atom is 0.170 e. The van der Waals surface area contributed by atoms with E-state index in [0.717, 1.165) is 44.6 Å². The topological polar surface area (TPSA) is 117 Å². The lowest BCUT2D eigenvalue weighted by atomic mass is 10.0. The Morgan fingerprint density at radius 1 is 1.13 bits per heavy atom. The number of nitrogens with two attached hydrogens (primary N) is 1. The standard InChI is InChI=1S/C28H26ClFN6O2/c29-20-10-16(11-21(30)28(20)38)22-6-7-23-26(35-22)25(19(13-32-23)27(37)15-3-4-15)34-18-5-8-24(33-12-18)36-9-1-2-17(31)14-36/h5-8,10-13,15,17,38H,1-4,9,14,31H2,(H,32,34)/t17-/m0/s1. The summed E-state index contributed by atoms with van der Waals surface area (Å²) in [7, 11) is 0. The number of aromatic hydroxyl groups is 1. The normalized spacial score (nSPS) is 17.6. The van der Waals surface area contributed by atoms with Crippen molar-refractivity contribution in [3.63, 3.8) is 0 Å². The monoisotopic (exact) mass is 532 g/mol. The highest BCUT2D eigenvalue weighted by molar-refractivity contribution is 6.32. The SMILES string of the molecule is N[C@H]1CCCN(c2ccc(Nc3c(C(=O)C4CC4)cnc4ccc(-c5cc(F)c(O)c(Cl)c5)nc34)cn2)C1. The number of carbonyl (C=O) groups excluding carboxylic acids is 1. The summed E-state index contributed by atoms with van der Waals surface area (Å²) in [5, 5.41) is 13.0. The molecule has 1 aliphatic carbocycles. The van der Waals surface area contributed by atoms with E-state index in [-0.39, 0.29) is 22.8 Å². The summed E-state index contributed by atoms with van der Waals surface area (Å²) < 4.78 is 14.2. The molecule has 0 unspecified atom stereocenters. The van der Waals surface area contributed by atoms with E-state index < -0.39 is 11.6 Å². The van der Waals surface area contributed by atoms with Gasteiger partial charge in [-0.2, -0.15) is 0 Å². The number of piperidine rings is 1. The second-order valence-electron chi connectivity index (χ2n) is 9.92. The van der Waals surface area contributed by atoms with Gasteiger partial charge < -0.3 is 21.1 Å². The molecular formula is C28H26ClFN6O2. The lowest BCUT2D eigenvalue weighted by Crippen LogP contribution is -2.43. The molecule has 0 radical (unpaired) electrons. The molecule has 1 atom stereocenters. The number of fused-ring (bicyclic) bond motifs is 1. The number of benzene rings is 1. The molecule has 2 fully saturated rings. The fraction of sp³-hybridized carbons (Fsp3) is 0.286. The average molecular weight is 533 g/mol. The van der Waals surface area contributed by atoms with Gasteiger partial charge in [0.2, 0.25) is 0 Å². The molecule has 8 nitrogen and oxygen atoms in total. The number of aromatic nitrogens is 3. The average Bonchev–Trinajstić information content (AvgIpc) is 3.77. The molecule has 2 aliphatic rings. The van der Waals surface area contributed by atoms with Crippen molar-refractivity contribution in [1.29, 1.82) is 0 Å². The third kappa shape index (κ3) is 4.75. The van der Waals surface area contributed by atoms with Gasteiger partial charge in [-0.1, -0.05) is 11.6 Å². The summed E-state index contributed by atoms with van der Waals surface area (Å²) in [6.07, 6.45) is 7.06. The fourth-order valence-corrected chi connectivity index (χ4v) is 5.04. The number of halogens is 2. The molecule has 4 N–H and O–H groups in total. The van der Waals surface area contributed by atoms with Crippen LogP contribution in [0.4, 0.5) is 21.6 Å².